The Balaban J connectivity index is 2.05. The van der Waals surface area contributed by atoms with E-state index < -0.39 is 17.7 Å². The van der Waals surface area contributed by atoms with Crippen molar-refractivity contribution in [1.82, 2.24) is 4.98 Å². The van der Waals surface area contributed by atoms with Gasteiger partial charge in [-0.1, -0.05) is 12.1 Å². The molecule has 2 rings (SSSR count). The van der Waals surface area contributed by atoms with Crippen molar-refractivity contribution in [1.29, 1.82) is 0 Å². The molecule has 0 atom stereocenters. The number of hydrogen-bond donors (Lipinski definition) is 1. The Labute approximate surface area is 107 Å². The van der Waals surface area contributed by atoms with Crippen LogP contribution >= 0.6 is 0 Å². The molecule has 98 valence electrons. The average Bonchev–Trinajstić information content (AvgIpc) is 2.36. The largest absolute Gasteiger partial charge is 0.457 e. The van der Waals surface area contributed by atoms with E-state index in [1.54, 1.807) is 6.07 Å². The highest BCUT2D eigenvalue weighted by atomic mass is 19.1. The van der Waals surface area contributed by atoms with Crippen LogP contribution in [0, 0.1) is 11.8 Å². The lowest BCUT2D eigenvalue weighted by Gasteiger charge is -2.06. The molecule has 0 spiro atoms. The van der Waals surface area contributed by atoms with E-state index >= 15 is 0 Å². The summed E-state index contributed by atoms with van der Waals surface area (Å²) in [7, 11) is 0. The monoisotopic (exact) mass is 264 g/mol. The second kappa shape index (κ2) is 5.43. The number of nitrogen functional groups attached to an aromatic ring is 1. The molecule has 2 N–H and O–H groups in total. The fourth-order valence-corrected chi connectivity index (χ4v) is 1.48. The summed E-state index contributed by atoms with van der Waals surface area (Å²) >= 11 is 0. The molecule has 6 heteroatoms. The third kappa shape index (κ3) is 3.25. The van der Waals surface area contributed by atoms with E-state index in [1.807, 2.05) is 0 Å². The lowest BCUT2D eigenvalue weighted by atomic mass is 10.2. The molecule has 0 fully saturated rings. The molecule has 19 heavy (non-hydrogen) atoms. The zero-order valence-corrected chi connectivity index (χ0v) is 9.77. The van der Waals surface area contributed by atoms with E-state index in [4.69, 9.17) is 10.5 Å². The van der Waals surface area contributed by atoms with Gasteiger partial charge in [-0.05, 0) is 29.8 Å². The van der Waals surface area contributed by atoms with Crippen molar-refractivity contribution in [2.45, 2.75) is 6.61 Å². The summed E-state index contributed by atoms with van der Waals surface area (Å²) < 4.78 is 30.6. The van der Waals surface area contributed by atoms with Crippen molar-refractivity contribution in [2.75, 3.05) is 5.73 Å². The first-order valence-corrected chi connectivity index (χ1v) is 5.40. The van der Waals surface area contributed by atoms with E-state index in [2.05, 4.69) is 4.98 Å². The number of hydrogen-bond acceptors (Lipinski definition) is 4. The molecule has 2 aromatic rings. The molecule has 0 saturated heterocycles. The summed E-state index contributed by atoms with van der Waals surface area (Å²) in [6.07, 6.45) is 0. The van der Waals surface area contributed by atoms with Crippen molar-refractivity contribution in [3.05, 3.63) is 59.3 Å². The first-order valence-electron chi connectivity index (χ1n) is 5.40. The van der Waals surface area contributed by atoms with Crippen LogP contribution in [0.15, 0.2) is 36.4 Å². The number of carbonyl (C=O) groups excluding carboxylic acids is 1. The summed E-state index contributed by atoms with van der Waals surface area (Å²) in [6, 6.07) is 7.85. The first kappa shape index (κ1) is 12.9. The van der Waals surface area contributed by atoms with Gasteiger partial charge in [-0.3, -0.25) is 0 Å². The minimum Gasteiger partial charge on any atom is -0.457 e. The Morgan fingerprint density at radius 1 is 1.26 bits per heavy atom. The van der Waals surface area contributed by atoms with Crippen molar-refractivity contribution in [3.8, 4) is 0 Å². The van der Waals surface area contributed by atoms with Gasteiger partial charge in [0.05, 0.1) is 0 Å². The summed E-state index contributed by atoms with van der Waals surface area (Å²) in [5, 5.41) is 0. The number of anilines is 1. The maximum atomic E-state index is 12.9. The maximum absolute atomic E-state index is 12.9. The highest BCUT2D eigenvalue weighted by molar-refractivity contribution is 5.93. The van der Waals surface area contributed by atoms with Crippen LogP contribution in [0.3, 0.4) is 0 Å². The van der Waals surface area contributed by atoms with Gasteiger partial charge in [-0.15, -0.1) is 0 Å². The van der Waals surface area contributed by atoms with Gasteiger partial charge in [-0.2, -0.15) is 4.39 Å². The summed E-state index contributed by atoms with van der Waals surface area (Å²) in [5.41, 5.74) is 5.88. The molecule has 1 heterocycles. The number of pyridine rings is 1. The van der Waals surface area contributed by atoms with Crippen LogP contribution in [0.5, 0.6) is 0 Å². The van der Waals surface area contributed by atoms with Gasteiger partial charge in [0, 0.05) is 0 Å². The molecule has 0 aliphatic carbocycles. The minimum atomic E-state index is -0.779. The highest BCUT2D eigenvalue weighted by Crippen LogP contribution is 2.12. The number of rotatable bonds is 3. The molecule has 0 aliphatic heterocycles. The summed E-state index contributed by atoms with van der Waals surface area (Å²) in [4.78, 5) is 15.0. The predicted octanol–water partition coefficient (Wildman–Crippen LogP) is 2.30. The van der Waals surface area contributed by atoms with E-state index in [1.165, 1.54) is 24.3 Å². The molecule has 0 bridgehead atoms. The van der Waals surface area contributed by atoms with Crippen LogP contribution in [0.2, 0.25) is 0 Å². The first-order chi connectivity index (χ1) is 9.06. The molecule has 0 radical (unpaired) electrons. The van der Waals surface area contributed by atoms with Crippen LogP contribution in [0.25, 0.3) is 0 Å². The van der Waals surface area contributed by atoms with Crippen LogP contribution in [-0.4, -0.2) is 11.0 Å². The average molecular weight is 264 g/mol. The number of aromatic nitrogens is 1. The molecule has 0 amide bonds. The third-order valence-corrected chi connectivity index (χ3v) is 2.37. The van der Waals surface area contributed by atoms with Gasteiger partial charge in [-0.25, -0.2) is 14.2 Å². The Morgan fingerprint density at radius 3 is 2.74 bits per heavy atom. The lowest BCUT2D eigenvalue weighted by Crippen LogP contribution is -2.10. The second-order valence-corrected chi connectivity index (χ2v) is 3.77. The van der Waals surface area contributed by atoms with Crippen LogP contribution < -0.4 is 5.73 Å². The van der Waals surface area contributed by atoms with Crippen molar-refractivity contribution in [2.24, 2.45) is 0 Å². The Kier molecular flexibility index (Phi) is 3.70. The molecular weight excluding hydrogens is 254 g/mol. The quantitative estimate of drug-likeness (QED) is 0.682. The predicted molar refractivity (Wildman–Crippen MR) is 64.1 cm³/mol. The number of ether oxygens (including phenoxy) is 1. The van der Waals surface area contributed by atoms with Crippen LogP contribution in [-0.2, 0) is 11.3 Å². The van der Waals surface area contributed by atoms with Gasteiger partial charge >= 0.3 is 5.97 Å². The van der Waals surface area contributed by atoms with Gasteiger partial charge in [0.2, 0.25) is 5.95 Å². The topological polar surface area (TPSA) is 65.2 Å². The number of esters is 1. The third-order valence-electron chi connectivity index (χ3n) is 2.37. The lowest BCUT2D eigenvalue weighted by molar-refractivity contribution is 0.0473. The molecule has 0 saturated carbocycles. The van der Waals surface area contributed by atoms with Crippen LogP contribution in [0.1, 0.15) is 15.9 Å². The summed E-state index contributed by atoms with van der Waals surface area (Å²) in [6.45, 7) is -0.104. The van der Waals surface area contributed by atoms with Gasteiger partial charge in [0.1, 0.15) is 23.8 Å². The van der Waals surface area contributed by atoms with Crippen molar-refractivity contribution >= 4 is 11.8 Å². The van der Waals surface area contributed by atoms with E-state index in [9.17, 15) is 13.6 Å². The maximum Gasteiger partial charge on any atom is 0.342 e. The fourth-order valence-electron chi connectivity index (χ4n) is 1.48. The van der Waals surface area contributed by atoms with Gasteiger partial charge < -0.3 is 10.5 Å². The summed E-state index contributed by atoms with van der Waals surface area (Å²) in [5.74, 6) is -2.19. The molecule has 0 aliphatic rings. The van der Waals surface area contributed by atoms with E-state index in [0.717, 1.165) is 6.07 Å². The second-order valence-electron chi connectivity index (χ2n) is 3.77. The fraction of sp³-hybridized carbons (Fsp3) is 0.0769. The van der Waals surface area contributed by atoms with Gasteiger partial charge in [0.15, 0.2) is 0 Å². The van der Waals surface area contributed by atoms with E-state index in [0.29, 0.717) is 5.56 Å². The molecule has 4 nitrogen and oxygen atoms in total. The molecule has 0 unspecified atom stereocenters. The normalized spacial score (nSPS) is 10.2. The number of nitrogens with two attached hydrogens (primary N) is 1. The number of nitrogens with zero attached hydrogens (tertiary/aromatic N) is 1. The van der Waals surface area contributed by atoms with Gasteiger partial charge in [0.25, 0.3) is 0 Å². The molecule has 1 aromatic carbocycles. The Hall–Kier alpha value is -2.50. The van der Waals surface area contributed by atoms with Crippen molar-refractivity contribution in [3.63, 3.8) is 0 Å². The molecular formula is C13H10F2N2O2. The SMILES string of the molecule is Nc1nc(F)ccc1C(=O)OCc1cccc(F)c1. The molecule has 1 aromatic heterocycles. The van der Waals surface area contributed by atoms with E-state index in [-0.39, 0.29) is 18.0 Å². The minimum absolute atomic E-state index is 0.0298. The number of carbonyl (C=O) groups is 1. The Bertz CT molecular complexity index is 617. The standard InChI is InChI=1S/C13H10F2N2O2/c14-9-3-1-2-8(6-9)7-19-13(18)10-4-5-11(15)17-12(10)16/h1-6H,7H2,(H2,16,17). The number of benzene rings is 1. The number of halogens is 2. The van der Waals surface area contributed by atoms with Crippen molar-refractivity contribution < 1.29 is 18.3 Å². The zero-order chi connectivity index (χ0) is 13.8. The smallest absolute Gasteiger partial charge is 0.342 e. The zero-order valence-electron chi connectivity index (χ0n) is 9.77. The Morgan fingerprint density at radius 2 is 2.05 bits per heavy atom. The highest BCUT2D eigenvalue weighted by Gasteiger charge is 2.13. The van der Waals surface area contributed by atoms with Crippen LogP contribution in [0.4, 0.5) is 14.6 Å².